The Morgan fingerprint density at radius 3 is 2.61 bits per heavy atom. The first kappa shape index (κ1) is 24.7. The maximum Gasteiger partial charge on any atom is 0.274 e. The van der Waals surface area contributed by atoms with Crippen molar-refractivity contribution in [3.05, 3.63) is 71.7 Å². The second kappa shape index (κ2) is 10.6. The molecule has 3 aromatic rings. The molecule has 196 valence electrons. The van der Waals surface area contributed by atoms with Crippen molar-refractivity contribution >= 4 is 23.1 Å². The van der Waals surface area contributed by atoms with Gasteiger partial charge in [-0.25, -0.2) is 4.98 Å². The normalized spacial score (nSPS) is 19.9. The number of nitrogens with one attached hydrogen (secondary N) is 1. The maximum absolute atomic E-state index is 13.4. The van der Waals surface area contributed by atoms with Crippen LogP contribution in [0.1, 0.15) is 48.8 Å². The van der Waals surface area contributed by atoms with Crippen LogP contribution < -0.4 is 10.2 Å². The number of anilines is 2. The number of carbonyl (C=O) groups excluding carboxylic acids is 1. The van der Waals surface area contributed by atoms with E-state index in [-0.39, 0.29) is 17.9 Å². The quantitative estimate of drug-likeness (QED) is 0.523. The summed E-state index contributed by atoms with van der Waals surface area (Å²) in [6.45, 7) is 7.41. The molecule has 2 N–H and O–H groups in total. The van der Waals surface area contributed by atoms with Gasteiger partial charge >= 0.3 is 0 Å². The van der Waals surface area contributed by atoms with Crippen LogP contribution in [0.25, 0.3) is 11.1 Å². The number of hydrogen-bond donors (Lipinski definition) is 2. The summed E-state index contributed by atoms with van der Waals surface area (Å²) in [6.07, 6.45) is 8.16. The summed E-state index contributed by atoms with van der Waals surface area (Å²) in [5.74, 6) is 0.974. The lowest BCUT2D eigenvalue weighted by Crippen LogP contribution is -2.37. The van der Waals surface area contributed by atoms with Crippen molar-refractivity contribution in [3.8, 4) is 11.1 Å². The molecule has 8 nitrogen and oxygen atoms in total. The second-order valence-electron chi connectivity index (χ2n) is 10.7. The molecule has 0 radical (unpaired) electrons. The Morgan fingerprint density at radius 2 is 1.87 bits per heavy atom. The van der Waals surface area contributed by atoms with Gasteiger partial charge in [-0.15, -0.1) is 0 Å². The van der Waals surface area contributed by atoms with Gasteiger partial charge in [-0.3, -0.25) is 19.7 Å². The van der Waals surface area contributed by atoms with Gasteiger partial charge < -0.3 is 15.3 Å². The van der Waals surface area contributed by atoms with E-state index in [9.17, 15) is 9.90 Å². The highest BCUT2D eigenvalue weighted by Crippen LogP contribution is 2.31. The number of likely N-dealkylation sites (tertiary alicyclic amines) is 1. The third-order valence-corrected chi connectivity index (χ3v) is 7.85. The number of rotatable bonds is 6. The van der Waals surface area contributed by atoms with E-state index in [4.69, 9.17) is 0 Å². The monoisotopic (exact) mass is 510 g/mol. The number of pyridine rings is 2. The van der Waals surface area contributed by atoms with Crippen molar-refractivity contribution in [1.29, 1.82) is 0 Å². The molecule has 1 aromatic carbocycles. The van der Waals surface area contributed by atoms with E-state index in [1.165, 1.54) is 6.42 Å². The minimum Gasteiger partial charge on any atom is -0.393 e. The van der Waals surface area contributed by atoms with E-state index in [1.54, 1.807) is 6.20 Å². The topological polar surface area (TPSA) is 94.0 Å². The lowest BCUT2D eigenvalue weighted by atomic mass is 9.87. The van der Waals surface area contributed by atoms with Crippen LogP contribution in [0.3, 0.4) is 0 Å². The first-order valence-electron chi connectivity index (χ1n) is 13.6. The van der Waals surface area contributed by atoms with Crippen LogP contribution in [0, 0.1) is 0 Å². The summed E-state index contributed by atoms with van der Waals surface area (Å²) in [4.78, 5) is 31.6. The number of piperidine rings is 1. The minimum atomic E-state index is -0.215. The van der Waals surface area contributed by atoms with E-state index in [2.05, 4.69) is 61.3 Å². The lowest BCUT2D eigenvalue weighted by Gasteiger charge is -2.31. The van der Waals surface area contributed by atoms with Crippen LogP contribution in [0.15, 0.2) is 60.0 Å². The number of aliphatic hydroxyl groups excluding tert-OH is 1. The standard InChI is InChI=1S/C30H34N6O2/c1-20-15-33-29(30(38)34-24-4-6-28(32-18-24)36-9-2-10-36)27-14-22(3-5-26(20)27)23-13-21(16-31-17-23)19-35-11-7-25(37)8-12-35/h3-6,13-14,16-18,20,25,37H,2,7-12,15,19H2,1H3,(H,34,38)/t20-/m1/s1. The third-order valence-electron chi connectivity index (χ3n) is 7.85. The van der Waals surface area contributed by atoms with Gasteiger partial charge in [0.05, 0.1) is 18.0 Å². The Hall–Kier alpha value is -3.62. The molecular formula is C30H34N6O2. The molecule has 2 saturated heterocycles. The third kappa shape index (κ3) is 5.19. The lowest BCUT2D eigenvalue weighted by molar-refractivity contribution is -0.110. The summed E-state index contributed by atoms with van der Waals surface area (Å²) in [7, 11) is 0. The highest BCUT2D eigenvalue weighted by molar-refractivity contribution is 6.49. The number of carbonyl (C=O) groups is 1. The van der Waals surface area contributed by atoms with Crippen LogP contribution in [0.5, 0.6) is 0 Å². The van der Waals surface area contributed by atoms with Crippen LogP contribution in [-0.4, -0.2) is 70.4 Å². The van der Waals surface area contributed by atoms with Crippen LogP contribution in [0.4, 0.5) is 11.5 Å². The fourth-order valence-corrected chi connectivity index (χ4v) is 5.43. The van der Waals surface area contributed by atoms with Gasteiger partial charge in [0.25, 0.3) is 5.91 Å². The Labute approximate surface area is 223 Å². The van der Waals surface area contributed by atoms with Gasteiger partial charge in [0.2, 0.25) is 0 Å². The van der Waals surface area contributed by atoms with Crippen molar-refractivity contribution in [2.75, 3.05) is 42.9 Å². The summed E-state index contributed by atoms with van der Waals surface area (Å²) >= 11 is 0. The number of aromatic nitrogens is 2. The summed E-state index contributed by atoms with van der Waals surface area (Å²) in [6, 6.07) is 12.4. The zero-order valence-electron chi connectivity index (χ0n) is 21.8. The highest BCUT2D eigenvalue weighted by atomic mass is 16.3. The van der Waals surface area contributed by atoms with Crippen molar-refractivity contribution < 1.29 is 9.90 Å². The molecule has 2 fully saturated rings. The number of fused-ring (bicyclic) bond motifs is 1. The molecule has 6 rings (SSSR count). The summed E-state index contributed by atoms with van der Waals surface area (Å²) in [5, 5.41) is 12.8. The van der Waals surface area contributed by atoms with Crippen molar-refractivity contribution in [2.24, 2.45) is 4.99 Å². The van der Waals surface area contributed by atoms with E-state index >= 15 is 0 Å². The number of benzene rings is 1. The largest absolute Gasteiger partial charge is 0.393 e. The Balaban J connectivity index is 1.21. The summed E-state index contributed by atoms with van der Waals surface area (Å²) in [5.41, 5.74) is 6.32. The van der Waals surface area contributed by atoms with Gasteiger partial charge in [-0.2, -0.15) is 0 Å². The fourth-order valence-electron chi connectivity index (χ4n) is 5.43. The molecule has 1 atom stereocenters. The van der Waals surface area contributed by atoms with Crippen LogP contribution >= 0.6 is 0 Å². The van der Waals surface area contributed by atoms with E-state index in [1.807, 2.05) is 24.5 Å². The fraction of sp³-hybridized carbons (Fsp3) is 0.400. The average molecular weight is 511 g/mol. The summed E-state index contributed by atoms with van der Waals surface area (Å²) < 4.78 is 0. The molecule has 1 amide bonds. The Morgan fingerprint density at radius 1 is 1.03 bits per heavy atom. The minimum absolute atomic E-state index is 0.178. The van der Waals surface area contributed by atoms with Crippen molar-refractivity contribution in [3.63, 3.8) is 0 Å². The molecule has 0 spiro atoms. The average Bonchev–Trinajstić information content (AvgIpc) is 2.90. The van der Waals surface area contributed by atoms with E-state index in [0.717, 1.165) is 79.2 Å². The molecule has 8 heteroatoms. The molecule has 0 unspecified atom stereocenters. The number of aliphatic hydroxyl groups is 1. The Kier molecular flexibility index (Phi) is 6.91. The van der Waals surface area contributed by atoms with Gasteiger partial charge in [0.1, 0.15) is 11.5 Å². The van der Waals surface area contributed by atoms with Gasteiger partial charge in [-0.1, -0.05) is 19.1 Å². The predicted molar refractivity (Wildman–Crippen MR) is 150 cm³/mol. The Bertz CT molecular complexity index is 1340. The van der Waals surface area contributed by atoms with E-state index < -0.39 is 0 Å². The number of hydrogen-bond acceptors (Lipinski definition) is 7. The molecule has 2 aromatic heterocycles. The highest BCUT2D eigenvalue weighted by Gasteiger charge is 2.26. The van der Waals surface area contributed by atoms with Gasteiger partial charge in [0.15, 0.2) is 0 Å². The molecule has 3 aliphatic rings. The first-order valence-corrected chi connectivity index (χ1v) is 13.6. The first-order chi connectivity index (χ1) is 18.5. The van der Waals surface area contributed by atoms with Crippen LogP contribution in [-0.2, 0) is 11.3 Å². The smallest absolute Gasteiger partial charge is 0.274 e. The number of aliphatic imine (C=N–C) groups is 1. The number of amides is 1. The second-order valence-corrected chi connectivity index (χ2v) is 10.7. The van der Waals surface area contributed by atoms with Crippen LogP contribution in [0.2, 0.25) is 0 Å². The maximum atomic E-state index is 13.4. The van der Waals surface area contributed by atoms with E-state index in [0.29, 0.717) is 17.9 Å². The van der Waals surface area contributed by atoms with Gasteiger partial charge in [-0.05, 0) is 60.2 Å². The molecular weight excluding hydrogens is 476 g/mol. The van der Waals surface area contributed by atoms with Crippen molar-refractivity contribution in [2.45, 2.75) is 44.8 Å². The SMILES string of the molecule is C[C@@H]1CN=C(C(=O)Nc2ccc(N3CCC3)nc2)c2cc(-c3cncc(CN4CCC(O)CC4)c3)ccc21. The number of nitrogens with zero attached hydrogens (tertiary/aromatic N) is 5. The van der Waals surface area contributed by atoms with Crippen molar-refractivity contribution in [1.82, 2.24) is 14.9 Å². The molecule has 0 saturated carbocycles. The molecule has 38 heavy (non-hydrogen) atoms. The van der Waals surface area contributed by atoms with Gasteiger partial charge in [0, 0.05) is 68.7 Å². The molecule has 0 bridgehead atoms. The zero-order chi connectivity index (χ0) is 26.1. The zero-order valence-corrected chi connectivity index (χ0v) is 21.8. The predicted octanol–water partition coefficient (Wildman–Crippen LogP) is 3.86. The molecule has 0 aliphatic carbocycles. The molecule has 3 aliphatic heterocycles. The molecule has 5 heterocycles.